The first-order valence-corrected chi connectivity index (χ1v) is 10.2. The van der Waals surface area contributed by atoms with Gasteiger partial charge < -0.3 is 5.32 Å². The lowest BCUT2D eigenvalue weighted by Gasteiger charge is -2.14. The van der Waals surface area contributed by atoms with E-state index in [4.69, 9.17) is 0 Å². The Balaban J connectivity index is 1.39. The van der Waals surface area contributed by atoms with E-state index < -0.39 is 0 Å². The number of hydrogen-bond donors (Lipinski definition) is 1. The van der Waals surface area contributed by atoms with Crippen LogP contribution in [0.5, 0.6) is 0 Å². The minimum Gasteiger partial charge on any atom is -0.355 e. The fourth-order valence-electron chi connectivity index (χ4n) is 2.76. The second kappa shape index (κ2) is 8.60. The van der Waals surface area contributed by atoms with Crippen LogP contribution >= 0.6 is 23.5 Å². The van der Waals surface area contributed by atoms with Crippen LogP contribution in [0.4, 0.5) is 5.69 Å². The molecule has 0 radical (unpaired) electrons. The second-order valence-electron chi connectivity index (χ2n) is 5.79. The Kier molecular flexibility index (Phi) is 6.22. The highest BCUT2D eigenvalue weighted by molar-refractivity contribution is 8.38. The van der Waals surface area contributed by atoms with Crippen molar-refractivity contribution in [3.05, 3.63) is 41.5 Å². The molecule has 5 heteroatoms. The zero-order chi connectivity index (χ0) is 15.9. The molecule has 1 aliphatic heterocycles. The Morgan fingerprint density at radius 1 is 1.30 bits per heavy atom. The topological polar surface area (TPSA) is 41.5 Å². The van der Waals surface area contributed by atoms with Crippen molar-refractivity contribution in [3.8, 4) is 0 Å². The summed E-state index contributed by atoms with van der Waals surface area (Å²) < 4.78 is 0.994. The smallest absolute Gasteiger partial charge is 0.230 e. The van der Waals surface area contributed by atoms with Gasteiger partial charge in [0.15, 0.2) is 0 Å². The third-order valence-electron chi connectivity index (χ3n) is 4.03. The number of amides is 1. The highest BCUT2D eigenvalue weighted by Gasteiger charge is 2.14. The fourth-order valence-corrected chi connectivity index (χ4v) is 4.65. The Morgan fingerprint density at radius 2 is 2.22 bits per heavy atom. The molecule has 1 aliphatic carbocycles. The molecule has 0 fully saturated rings. The molecule has 23 heavy (non-hydrogen) atoms. The number of para-hydroxylation sites is 1. The molecule has 1 aromatic rings. The number of carbonyl (C=O) groups is 1. The fraction of sp³-hybridized carbons (Fsp3) is 0.444. The van der Waals surface area contributed by atoms with Gasteiger partial charge in [0.25, 0.3) is 0 Å². The number of allylic oxidation sites excluding steroid dienone is 1. The summed E-state index contributed by atoms with van der Waals surface area (Å²) in [4.78, 5) is 16.6. The average Bonchev–Trinajstić information content (AvgIpc) is 2.61. The van der Waals surface area contributed by atoms with Gasteiger partial charge in [-0.3, -0.25) is 4.79 Å². The number of thioether (sulfide) groups is 2. The predicted octanol–water partition coefficient (Wildman–Crippen LogP) is 4.66. The molecule has 0 saturated heterocycles. The van der Waals surface area contributed by atoms with Crippen LogP contribution < -0.4 is 5.32 Å². The van der Waals surface area contributed by atoms with Crippen molar-refractivity contribution >= 4 is 39.5 Å². The van der Waals surface area contributed by atoms with Gasteiger partial charge in [0.1, 0.15) is 4.38 Å². The van der Waals surface area contributed by atoms with Gasteiger partial charge in [-0.15, -0.1) is 0 Å². The molecule has 0 unspecified atom stereocenters. The summed E-state index contributed by atoms with van der Waals surface area (Å²) in [7, 11) is 0. The molecule has 1 N–H and O–H groups in total. The number of nitrogens with one attached hydrogen (secondary N) is 1. The minimum absolute atomic E-state index is 0.105. The lowest BCUT2D eigenvalue weighted by Crippen LogP contribution is -2.27. The molecule has 0 bridgehead atoms. The molecule has 122 valence electrons. The SMILES string of the molecule is O=C(CSC1=Nc2ccccc2CS1)NCCC1=CCCCC1. The van der Waals surface area contributed by atoms with Gasteiger partial charge in [0.05, 0.1) is 11.4 Å². The molecule has 0 atom stereocenters. The monoisotopic (exact) mass is 346 g/mol. The summed E-state index contributed by atoms with van der Waals surface area (Å²) in [5.74, 6) is 1.50. The van der Waals surface area contributed by atoms with Crippen LogP contribution in [0.25, 0.3) is 0 Å². The summed E-state index contributed by atoms with van der Waals surface area (Å²) in [6.07, 6.45) is 8.37. The van der Waals surface area contributed by atoms with Crippen LogP contribution in [-0.2, 0) is 10.5 Å². The Morgan fingerprint density at radius 3 is 3.09 bits per heavy atom. The third kappa shape index (κ3) is 5.15. The van der Waals surface area contributed by atoms with Crippen molar-refractivity contribution in [2.45, 2.75) is 37.9 Å². The zero-order valence-corrected chi connectivity index (χ0v) is 14.8. The average molecular weight is 347 g/mol. The van der Waals surface area contributed by atoms with E-state index in [-0.39, 0.29) is 5.91 Å². The number of nitrogens with zero attached hydrogens (tertiary/aromatic N) is 1. The minimum atomic E-state index is 0.105. The molecule has 0 spiro atoms. The van der Waals surface area contributed by atoms with Gasteiger partial charge in [-0.2, -0.15) is 0 Å². The van der Waals surface area contributed by atoms with Gasteiger partial charge in [0.2, 0.25) is 5.91 Å². The molecule has 3 rings (SSSR count). The molecular weight excluding hydrogens is 324 g/mol. The van der Waals surface area contributed by atoms with Crippen molar-refractivity contribution in [3.63, 3.8) is 0 Å². The normalized spacial score (nSPS) is 17.0. The molecule has 2 aliphatic rings. The molecule has 0 saturated carbocycles. The van der Waals surface area contributed by atoms with Crippen LogP contribution in [-0.4, -0.2) is 22.6 Å². The highest BCUT2D eigenvalue weighted by atomic mass is 32.2. The van der Waals surface area contributed by atoms with Crippen LogP contribution in [0.2, 0.25) is 0 Å². The number of benzene rings is 1. The van der Waals surface area contributed by atoms with Crippen molar-refractivity contribution in [2.24, 2.45) is 4.99 Å². The van der Waals surface area contributed by atoms with Crippen molar-refractivity contribution in [2.75, 3.05) is 12.3 Å². The molecule has 0 aromatic heterocycles. The molecule has 1 aromatic carbocycles. The van der Waals surface area contributed by atoms with Crippen molar-refractivity contribution in [1.29, 1.82) is 0 Å². The molecular formula is C18H22N2OS2. The maximum absolute atomic E-state index is 12.0. The van der Waals surface area contributed by atoms with E-state index in [1.807, 2.05) is 18.2 Å². The van der Waals surface area contributed by atoms with E-state index in [9.17, 15) is 4.79 Å². The van der Waals surface area contributed by atoms with Crippen molar-refractivity contribution < 1.29 is 4.79 Å². The number of hydrogen-bond acceptors (Lipinski definition) is 4. The molecule has 1 amide bonds. The quantitative estimate of drug-likeness (QED) is 0.788. The van der Waals surface area contributed by atoms with Gasteiger partial charge >= 0.3 is 0 Å². The summed E-state index contributed by atoms with van der Waals surface area (Å²) >= 11 is 3.26. The molecule has 3 nitrogen and oxygen atoms in total. The van der Waals surface area contributed by atoms with Crippen LogP contribution in [0, 0.1) is 0 Å². The van der Waals surface area contributed by atoms with E-state index in [2.05, 4.69) is 22.5 Å². The summed E-state index contributed by atoms with van der Waals surface area (Å²) in [5, 5.41) is 3.02. The summed E-state index contributed by atoms with van der Waals surface area (Å²) in [6.45, 7) is 0.758. The Bertz CT molecular complexity index is 625. The van der Waals surface area contributed by atoms with Gasteiger partial charge in [0, 0.05) is 12.3 Å². The van der Waals surface area contributed by atoms with Gasteiger partial charge in [-0.05, 0) is 43.7 Å². The standard InChI is InChI=1S/C18H22N2OS2/c21-17(19-11-10-14-6-2-1-3-7-14)13-23-18-20-16-9-5-4-8-15(16)12-22-18/h4-6,8-9H,1-3,7,10-13H2,(H,19,21). The predicted molar refractivity (Wildman–Crippen MR) is 101 cm³/mol. The maximum atomic E-state index is 12.0. The van der Waals surface area contributed by atoms with Gasteiger partial charge in [-0.1, -0.05) is 53.4 Å². The molecule has 1 heterocycles. The first-order chi connectivity index (χ1) is 11.3. The summed E-state index contributed by atoms with van der Waals surface area (Å²) in [5.41, 5.74) is 3.82. The second-order valence-corrected chi connectivity index (χ2v) is 7.98. The zero-order valence-electron chi connectivity index (χ0n) is 13.2. The number of carbonyl (C=O) groups excluding carboxylic acids is 1. The lowest BCUT2D eigenvalue weighted by molar-refractivity contribution is -0.118. The Hall–Kier alpha value is -1.20. The highest BCUT2D eigenvalue weighted by Crippen LogP contribution is 2.34. The number of fused-ring (bicyclic) bond motifs is 1. The Labute approximate surface area is 146 Å². The summed E-state index contributed by atoms with van der Waals surface area (Å²) in [6, 6.07) is 8.20. The van der Waals surface area contributed by atoms with Crippen molar-refractivity contribution in [1.82, 2.24) is 5.32 Å². The van der Waals surface area contributed by atoms with E-state index in [0.717, 1.165) is 28.8 Å². The largest absolute Gasteiger partial charge is 0.355 e. The maximum Gasteiger partial charge on any atom is 0.230 e. The first kappa shape index (κ1) is 16.7. The van der Waals surface area contributed by atoms with E-state index in [0.29, 0.717) is 5.75 Å². The van der Waals surface area contributed by atoms with Crippen LogP contribution in [0.3, 0.4) is 0 Å². The lowest BCUT2D eigenvalue weighted by atomic mass is 9.97. The third-order valence-corrected chi connectivity index (χ3v) is 6.28. The van der Waals surface area contributed by atoms with E-state index in [1.54, 1.807) is 23.5 Å². The van der Waals surface area contributed by atoms with E-state index >= 15 is 0 Å². The van der Waals surface area contributed by atoms with Crippen LogP contribution in [0.15, 0.2) is 40.9 Å². The van der Waals surface area contributed by atoms with Gasteiger partial charge in [-0.25, -0.2) is 4.99 Å². The number of rotatable bonds is 5. The van der Waals surface area contributed by atoms with Crippen LogP contribution in [0.1, 0.15) is 37.7 Å². The van der Waals surface area contributed by atoms with E-state index in [1.165, 1.54) is 36.8 Å². The first-order valence-electron chi connectivity index (χ1n) is 8.18. The number of aliphatic imine (C=N–C) groups is 1.